The molecule has 0 aliphatic heterocycles. The van der Waals surface area contributed by atoms with Crippen LogP contribution in [0.15, 0.2) is 48.5 Å². The Balaban J connectivity index is 1.59. The molecule has 1 aliphatic carbocycles. The highest BCUT2D eigenvalue weighted by atomic mass is 19.4. The zero-order valence-electron chi connectivity index (χ0n) is 18.6. The Kier molecular flexibility index (Phi) is 7.16. The molecule has 0 unspecified atom stereocenters. The average Bonchev–Trinajstić information content (AvgIpc) is 3.20. The third kappa shape index (κ3) is 5.56. The van der Waals surface area contributed by atoms with Gasteiger partial charge in [0, 0.05) is 23.8 Å². The maximum atomic E-state index is 13.0. The van der Waals surface area contributed by atoms with Crippen LogP contribution < -0.4 is 10.1 Å². The first-order chi connectivity index (χ1) is 16.3. The molecule has 3 aromatic rings. The molecular weight excluding hydrogens is 449 g/mol. The molecule has 0 radical (unpaired) electrons. The van der Waals surface area contributed by atoms with Crippen LogP contribution in [0.2, 0.25) is 0 Å². The van der Waals surface area contributed by atoms with Gasteiger partial charge < -0.3 is 14.8 Å². The van der Waals surface area contributed by atoms with E-state index < -0.39 is 11.7 Å². The third-order valence-corrected chi connectivity index (χ3v) is 5.58. The normalized spacial score (nSPS) is 14.0. The minimum absolute atomic E-state index is 0.00943. The number of alkyl halides is 3. The summed E-state index contributed by atoms with van der Waals surface area (Å²) >= 11 is 0. The Morgan fingerprint density at radius 1 is 1.09 bits per heavy atom. The van der Waals surface area contributed by atoms with E-state index in [0.29, 0.717) is 36.0 Å². The van der Waals surface area contributed by atoms with Gasteiger partial charge in [-0.3, -0.25) is 4.79 Å². The molecule has 180 valence electrons. The maximum Gasteiger partial charge on any atom is 0.416 e. The summed E-state index contributed by atoms with van der Waals surface area (Å²) in [6.07, 6.45) is -1.54. The molecule has 0 saturated heterocycles. The van der Waals surface area contributed by atoms with Crippen LogP contribution in [0.25, 0.3) is 17.1 Å². The number of carbonyl (C=O) groups is 1. The van der Waals surface area contributed by atoms with Crippen molar-refractivity contribution in [3.63, 3.8) is 0 Å². The highest BCUT2D eigenvalue weighted by molar-refractivity contribution is 5.93. The van der Waals surface area contributed by atoms with Gasteiger partial charge in [-0.25, -0.2) is 4.68 Å². The number of aromatic nitrogens is 3. The molecule has 1 N–H and O–H groups in total. The van der Waals surface area contributed by atoms with E-state index in [-0.39, 0.29) is 24.4 Å². The lowest BCUT2D eigenvalue weighted by molar-refractivity contribution is -0.137. The Hall–Kier alpha value is -3.40. The SMILES string of the molecule is CCOCCOc1nc(-c2ccc(C(F)(F)F)cc2)n(-c2ccc(NC(=O)C3CCC3)cc2)n1. The maximum absolute atomic E-state index is 13.0. The number of hydrogen-bond acceptors (Lipinski definition) is 5. The molecule has 1 fully saturated rings. The van der Waals surface area contributed by atoms with Crippen molar-refractivity contribution >= 4 is 11.6 Å². The van der Waals surface area contributed by atoms with Gasteiger partial charge in [0.2, 0.25) is 5.91 Å². The molecule has 1 amide bonds. The van der Waals surface area contributed by atoms with Crippen molar-refractivity contribution < 1.29 is 27.4 Å². The van der Waals surface area contributed by atoms with Gasteiger partial charge in [-0.05, 0) is 56.2 Å². The van der Waals surface area contributed by atoms with Crippen LogP contribution in [-0.2, 0) is 15.7 Å². The summed E-state index contributed by atoms with van der Waals surface area (Å²) in [5.41, 5.74) is 0.971. The van der Waals surface area contributed by atoms with Gasteiger partial charge in [0.1, 0.15) is 6.61 Å². The standard InChI is InChI=1S/C24H25F3N4O3/c1-2-33-14-15-34-23-29-21(16-6-8-18(9-7-16)24(25,26)27)31(30-23)20-12-10-19(11-13-20)28-22(32)17-4-3-5-17/h6-13,17H,2-5,14-15H2,1H3,(H,28,32). The lowest BCUT2D eigenvalue weighted by Gasteiger charge is -2.24. The zero-order valence-corrected chi connectivity index (χ0v) is 18.6. The molecule has 0 spiro atoms. The fourth-order valence-corrected chi connectivity index (χ4v) is 3.47. The van der Waals surface area contributed by atoms with Gasteiger partial charge in [-0.1, -0.05) is 18.6 Å². The molecule has 10 heteroatoms. The molecule has 0 bridgehead atoms. The second-order valence-corrected chi connectivity index (χ2v) is 7.91. The summed E-state index contributed by atoms with van der Waals surface area (Å²) in [4.78, 5) is 16.6. The van der Waals surface area contributed by atoms with Crippen molar-refractivity contribution in [1.82, 2.24) is 14.8 Å². The summed E-state index contributed by atoms with van der Waals surface area (Å²) in [6, 6.07) is 11.8. The quantitative estimate of drug-likeness (QED) is 0.436. The predicted octanol–water partition coefficient (Wildman–Crippen LogP) is 5.11. The highest BCUT2D eigenvalue weighted by Crippen LogP contribution is 2.32. The van der Waals surface area contributed by atoms with E-state index in [4.69, 9.17) is 9.47 Å². The zero-order chi connectivity index (χ0) is 24.1. The second-order valence-electron chi connectivity index (χ2n) is 7.91. The number of ether oxygens (including phenoxy) is 2. The van der Waals surface area contributed by atoms with Crippen molar-refractivity contribution in [1.29, 1.82) is 0 Å². The topological polar surface area (TPSA) is 78.3 Å². The Morgan fingerprint density at radius 2 is 1.79 bits per heavy atom. The van der Waals surface area contributed by atoms with Crippen LogP contribution in [0, 0.1) is 5.92 Å². The van der Waals surface area contributed by atoms with Gasteiger partial charge in [0.15, 0.2) is 5.82 Å². The number of nitrogens with one attached hydrogen (secondary N) is 1. The van der Waals surface area contributed by atoms with Crippen molar-refractivity contribution in [3.8, 4) is 23.1 Å². The first kappa shape index (κ1) is 23.7. The van der Waals surface area contributed by atoms with E-state index in [0.717, 1.165) is 31.4 Å². The monoisotopic (exact) mass is 474 g/mol. The summed E-state index contributed by atoms with van der Waals surface area (Å²) in [6.45, 7) is 3.01. The highest BCUT2D eigenvalue weighted by Gasteiger charge is 2.30. The van der Waals surface area contributed by atoms with Crippen LogP contribution in [0.1, 0.15) is 31.7 Å². The van der Waals surface area contributed by atoms with E-state index in [1.165, 1.54) is 16.8 Å². The van der Waals surface area contributed by atoms with Crippen LogP contribution in [-0.4, -0.2) is 40.5 Å². The Bertz CT molecular complexity index is 1110. The summed E-state index contributed by atoms with van der Waals surface area (Å²) in [5.74, 6) is 0.402. The van der Waals surface area contributed by atoms with Crippen molar-refractivity contribution in [2.45, 2.75) is 32.4 Å². The minimum Gasteiger partial charge on any atom is -0.460 e. The van der Waals surface area contributed by atoms with Crippen molar-refractivity contribution in [2.75, 3.05) is 25.1 Å². The van der Waals surface area contributed by atoms with Gasteiger partial charge in [0.05, 0.1) is 17.9 Å². The smallest absolute Gasteiger partial charge is 0.416 e. The van der Waals surface area contributed by atoms with Crippen LogP contribution >= 0.6 is 0 Å². The summed E-state index contributed by atoms with van der Waals surface area (Å²) < 4.78 is 51.3. The molecule has 7 nitrogen and oxygen atoms in total. The number of anilines is 1. The van der Waals surface area contributed by atoms with Crippen molar-refractivity contribution in [2.24, 2.45) is 5.92 Å². The van der Waals surface area contributed by atoms with Gasteiger partial charge in [-0.15, -0.1) is 5.10 Å². The van der Waals surface area contributed by atoms with E-state index in [9.17, 15) is 18.0 Å². The fraction of sp³-hybridized carbons (Fsp3) is 0.375. The summed E-state index contributed by atoms with van der Waals surface area (Å²) in [5, 5.41) is 7.29. The van der Waals surface area contributed by atoms with Gasteiger partial charge >= 0.3 is 12.2 Å². The van der Waals surface area contributed by atoms with E-state index in [2.05, 4.69) is 15.4 Å². The largest absolute Gasteiger partial charge is 0.460 e. The van der Waals surface area contributed by atoms with Crippen molar-refractivity contribution in [3.05, 3.63) is 54.1 Å². The molecular formula is C24H25F3N4O3. The lowest BCUT2D eigenvalue weighted by atomic mass is 9.85. The number of nitrogens with zero attached hydrogens (tertiary/aromatic N) is 3. The molecule has 2 aromatic carbocycles. The van der Waals surface area contributed by atoms with Gasteiger partial charge in [0.25, 0.3) is 0 Å². The predicted molar refractivity (Wildman–Crippen MR) is 120 cm³/mol. The van der Waals surface area contributed by atoms with E-state index in [1.54, 1.807) is 24.3 Å². The number of rotatable bonds is 9. The Labute approximate surface area is 194 Å². The molecule has 0 atom stereocenters. The average molecular weight is 474 g/mol. The third-order valence-electron chi connectivity index (χ3n) is 5.58. The van der Waals surface area contributed by atoms with Crippen LogP contribution in [0.4, 0.5) is 18.9 Å². The molecule has 4 rings (SSSR count). The first-order valence-corrected chi connectivity index (χ1v) is 11.1. The number of carbonyl (C=O) groups excluding carboxylic acids is 1. The molecule has 34 heavy (non-hydrogen) atoms. The van der Waals surface area contributed by atoms with E-state index >= 15 is 0 Å². The molecule has 1 heterocycles. The number of amides is 1. The van der Waals surface area contributed by atoms with Gasteiger partial charge in [-0.2, -0.15) is 18.2 Å². The molecule has 1 aromatic heterocycles. The van der Waals surface area contributed by atoms with E-state index in [1.807, 2.05) is 6.92 Å². The molecule has 1 aliphatic rings. The second kappa shape index (κ2) is 10.3. The van der Waals surface area contributed by atoms with Crippen LogP contribution in [0.5, 0.6) is 6.01 Å². The minimum atomic E-state index is -4.43. The number of halogens is 3. The number of benzene rings is 2. The molecule has 1 saturated carbocycles. The first-order valence-electron chi connectivity index (χ1n) is 11.1. The fourth-order valence-electron chi connectivity index (χ4n) is 3.47. The number of hydrogen-bond donors (Lipinski definition) is 1. The Morgan fingerprint density at radius 3 is 2.38 bits per heavy atom. The summed E-state index contributed by atoms with van der Waals surface area (Å²) in [7, 11) is 0. The van der Waals surface area contributed by atoms with Crippen LogP contribution in [0.3, 0.4) is 0 Å². The lowest BCUT2D eigenvalue weighted by Crippen LogP contribution is -2.27.